The monoisotopic (exact) mass is 433 g/mol. The van der Waals surface area contributed by atoms with Crippen molar-refractivity contribution in [3.05, 3.63) is 59.7 Å². The number of amides is 3. The van der Waals surface area contributed by atoms with E-state index < -0.39 is 5.91 Å². The van der Waals surface area contributed by atoms with E-state index >= 15 is 0 Å². The van der Waals surface area contributed by atoms with E-state index in [1.54, 1.807) is 48.5 Å². The van der Waals surface area contributed by atoms with E-state index in [1.807, 2.05) is 0 Å². The first-order chi connectivity index (χ1) is 15.5. The fourth-order valence-corrected chi connectivity index (χ4v) is 3.65. The first-order valence-electron chi connectivity index (χ1n) is 10.4. The smallest absolute Gasteiger partial charge is 0.253 e. The summed E-state index contributed by atoms with van der Waals surface area (Å²) < 4.78 is 0. The highest BCUT2D eigenvalue weighted by molar-refractivity contribution is 6.03. The van der Waals surface area contributed by atoms with Crippen molar-refractivity contribution in [1.29, 1.82) is 0 Å². The predicted molar refractivity (Wildman–Crippen MR) is 117 cm³/mol. The summed E-state index contributed by atoms with van der Waals surface area (Å²) in [7, 11) is 0. The van der Waals surface area contributed by atoms with Crippen molar-refractivity contribution in [2.45, 2.75) is 38.3 Å². The number of tetrazole rings is 1. The molecule has 164 valence electrons. The molecule has 1 saturated carbocycles. The van der Waals surface area contributed by atoms with Gasteiger partial charge in [-0.05, 0) is 42.3 Å². The van der Waals surface area contributed by atoms with Crippen LogP contribution < -0.4 is 16.4 Å². The summed E-state index contributed by atoms with van der Waals surface area (Å²) in [4.78, 5) is 37.5. The fourth-order valence-electron chi connectivity index (χ4n) is 3.65. The highest BCUT2D eigenvalue weighted by Crippen LogP contribution is 2.20. The van der Waals surface area contributed by atoms with E-state index in [0.717, 1.165) is 30.5 Å². The molecule has 3 aromatic rings. The van der Waals surface area contributed by atoms with E-state index in [9.17, 15) is 14.4 Å². The van der Waals surface area contributed by atoms with Crippen LogP contribution in [0.2, 0.25) is 0 Å². The summed E-state index contributed by atoms with van der Waals surface area (Å²) in [6.45, 7) is -0.176. The summed E-state index contributed by atoms with van der Waals surface area (Å²) in [6, 6.07) is 13.5. The van der Waals surface area contributed by atoms with Crippen molar-refractivity contribution >= 4 is 23.4 Å². The van der Waals surface area contributed by atoms with Gasteiger partial charge >= 0.3 is 0 Å². The molecule has 0 radical (unpaired) electrons. The Morgan fingerprint density at radius 3 is 2.47 bits per heavy atom. The Morgan fingerprint density at radius 1 is 1.03 bits per heavy atom. The first kappa shape index (κ1) is 21.2. The van der Waals surface area contributed by atoms with E-state index in [2.05, 4.69) is 26.0 Å². The van der Waals surface area contributed by atoms with Gasteiger partial charge in [-0.3, -0.25) is 14.4 Å². The van der Waals surface area contributed by atoms with Crippen LogP contribution >= 0.6 is 0 Å². The Bertz CT molecular complexity index is 1130. The van der Waals surface area contributed by atoms with Gasteiger partial charge in [0.2, 0.25) is 17.6 Å². The van der Waals surface area contributed by atoms with Gasteiger partial charge in [0.1, 0.15) is 6.54 Å². The SMILES string of the molecule is NC(=O)c1ccc(-c2nnn(CC(=O)Nc3ccccc3C(=O)NC3CCCC3)n2)cc1. The molecule has 0 bridgehead atoms. The molecule has 32 heavy (non-hydrogen) atoms. The molecule has 0 unspecified atom stereocenters. The quantitative estimate of drug-likeness (QED) is 0.518. The molecule has 1 heterocycles. The van der Waals surface area contributed by atoms with Gasteiger partial charge in [0.05, 0.1) is 11.3 Å². The maximum atomic E-state index is 12.7. The van der Waals surface area contributed by atoms with E-state index in [-0.39, 0.29) is 24.4 Å². The molecule has 4 rings (SSSR count). The second-order valence-electron chi connectivity index (χ2n) is 7.63. The number of hydrogen-bond acceptors (Lipinski definition) is 6. The van der Waals surface area contributed by atoms with Crippen LogP contribution in [0.5, 0.6) is 0 Å². The number of aromatic nitrogens is 4. The van der Waals surface area contributed by atoms with Gasteiger partial charge in [-0.1, -0.05) is 37.1 Å². The van der Waals surface area contributed by atoms with Crippen molar-refractivity contribution in [2.75, 3.05) is 5.32 Å². The van der Waals surface area contributed by atoms with Crippen LogP contribution in [0.4, 0.5) is 5.69 Å². The van der Waals surface area contributed by atoms with Crippen LogP contribution in [0.1, 0.15) is 46.4 Å². The number of nitrogens with zero attached hydrogens (tertiary/aromatic N) is 4. The summed E-state index contributed by atoms with van der Waals surface area (Å²) in [5.74, 6) is -0.806. The normalized spacial score (nSPS) is 13.6. The minimum absolute atomic E-state index is 0.176. The number of anilines is 1. The van der Waals surface area contributed by atoms with Gasteiger partial charge in [-0.25, -0.2) is 0 Å². The molecule has 1 aliphatic carbocycles. The Hall–Kier alpha value is -4.08. The van der Waals surface area contributed by atoms with Gasteiger partial charge in [-0.2, -0.15) is 4.80 Å². The maximum absolute atomic E-state index is 12.7. The van der Waals surface area contributed by atoms with Crippen molar-refractivity contribution < 1.29 is 14.4 Å². The molecule has 0 saturated heterocycles. The zero-order valence-electron chi connectivity index (χ0n) is 17.3. The van der Waals surface area contributed by atoms with Crippen molar-refractivity contribution in [2.24, 2.45) is 5.73 Å². The van der Waals surface area contributed by atoms with E-state index in [1.165, 1.54) is 0 Å². The average Bonchev–Trinajstić information content (AvgIpc) is 3.46. The van der Waals surface area contributed by atoms with Crippen LogP contribution in [0.25, 0.3) is 11.4 Å². The average molecular weight is 433 g/mol. The Morgan fingerprint density at radius 2 is 1.75 bits per heavy atom. The number of hydrogen-bond donors (Lipinski definition) is 3. The molecule has 2 aromatic carbocycles. The molecule has 10 nitrogen and oxygen atoms in total. The molecule has 0 aliphatic heterocycles. The summed E-state index contributed by atoms with van der Waals surface area (Å²) in [5, 5.41) is 17.8. The fraction of sp³-hybridized carbons (Fsp3) is 0.273. The molecular formula is C22H23N7O3. The van der Waals surface area contributed by atoms with Crippen LogP contribution in [-0.2, 0) is 11.3 Å². The molecule has 1 aliphatic rings. The number of rotatable bonds is 7. The number of primary amides is 1. The van der Waals surface area contributed by atoms with Crippen molar-refractivity contribution in [1.82, 2.24) is 25.5 Å². The number of benzene rings is 2. The van der Waals surface area contributed by atoms with Gasteiger partial charge in [-0.15, -0.1) is 10.2 Å². The molecule has 0 atom stereocenters. The highest BCUT2D eigenvalue weighted by atomic mass is 16.2. The second kappa shape index (κ2) is 9.38. The van der Waals surface area contributed by atoms with Crippen LogP contribution in [0, 0.1) is 0 Å². The Kier molecular flexibility index (Phi) is 6.20. The van der Waals surface area contributed by atoms with Crippen LogP contribution in [0.15, 0.2) is 48.5 Å². The first-order valence-corrected chi connectivity index (χ1v) is 10.4. The molecule has 3 amide bonds. The number of nitrogens with one attached hydrogen (secondary N) is 2. The standard InChI is InChI=1S/C22H23N7O3/c23-20(31)14-9-11-15(12-10-14)21-26-28-29(27-21)13-19(30)25-18-8-4-3-7-17(18)22(32)24-16-5-1-2-6-16/h3-4,7-12,16H,1-2,5-6,13H2,(H2,23,31)(H,24,32)(H,25,30). The Balaban J connectivity index is 1.40. The number of para-hydroxylation sites is 1. The third-order valence-corrected chi connectivity index (χ3v) is 5.30. The Labute approximate surface area is 184 Å². The lowest BCUT2D eigenvalue weighted by Gasteiger charge is -2.14. The third kappa shape index (κ3) is 4.97. The predicted octanol–water partition coefficient (Wildman–Crippen LogP) is 1.75. The molecule has 10 heteroatoms. The number of nitrogens with two attached hydrogens (primary N) is 1. The third-order valence-electron chi connectivity index (χ3n) is 5.30. The zero-order valence-corrected chi connectivity index (χ0v) is 17.3. The maximum Gasteiger partial charge on any atom is 0.253 e. The lowest BCUT2D eigenvalue weighted by Crippen LogP contribution is -2.33. The topological polar surface area (TPSA) is 145 Å². The van der Waals surface area contributed by atoms with Crippen molar-refractivity contribution in [3.8, 4) is 11.4 Å². The molecule has 4 N–H and O–H groups in total. The second-order valence-corrected chi connectivity index (χ2v) is 7.63. The largest absolute Gasteiger partial charge is 0.366 e. The molecule has 1 aromatic heterocycles. The van der Waals surface area contributed by atoms with Crippen LogP contribution in [0.3, 0.4) is 0 Å². The van der Waals surface area contributed by atoms with E-state index in [4.69, 9.17) is 5.73 Å². The lowest BCUT2D eigenvalue weighted by atomic mass is 10.1. The molecular weight excluding hydrogens is 410 g/mol. The molecule has 0 spiro atoms. The summed E-state index contributed by atoms with van der Waals surface area (Å²) >= 11 is 0. The van der Waals surface area contributed by atoms with Gasteiger partial charge < -0.3 is 16.4 Å². The van der Waals surface area contributed by atoms with Gasteiger partial charge in [0.15, 0.2) is 0 Å². The lowest BCUT2D eigenvalue weighted by molar-refractivity contribution is -0.117. The van der Waals surface area contributed by atoms with Crippen molar-refractivity contribution in [3.63, 3.8) is 0 Å². The number of carbonyl (C=O) groups is 3. The van der Waals surface area contributed by atoms with E-state index in [0.29, 0.717) is 28.2 Å². The zero-order chi connectivity index (χ0) is 22.5. The number of carbonyl (C=O) groups excluding carboxylic acids is 3. The minimum atomic E-state index is -0.526. The summed E-state index contributed by atoms with van der Waals surface area (Å²) in [5.41, 5.74) is 7.08. The highest BCUT2D eigenvalue weighted by Gasteiger charge is 2.20. The molecule has 1 fully saturated rings. The minimum Gasteiger partial charge on any atom is -0.366 e. The van der Waals surface area contributed by atoms with Gasteiger partial charge in [0.25, 0.3) is 5.91 Å². The summed E-state index contributed by atoms with van der Waals surface area (Å²) in [6.07, 6.45) is 4.19. The van der Waals surface area contributed by atoms with Crippen LogP contribution in [-0.4, -0.2) is 44.0 Å². The van der Waals surface area contributed by atoms with Gasteiger partial charge in [0, 0.05) is 17.2 Å².